The molecule has 0 aliphatic rings. The van der Waals surface area contributed by atoms with Gasteiger partial charge < -0.3 is 30.3 Å². The molecule has 0 amide bonds. The summed E-state index contributed by atoms with van der Waals surface area (Å²) >= 11 is 0. The van der Waals surface area contributed by atoms with Crippen LogP contribution in [0.5, 0.6) is 0 Å². The van der Waals surface area contributed by atoms with Crippen molar-refractivity contribution < 1.29 is 30.3 Å². The highest BCUT2D eigenvalue weighted by Gasteiger charge is 2.22. The van der Waals surface area contributed by atoms with Crippen LogP contribution in [0.3, 0.4) is 0 Å². The van der Waals surface area contributed by atoms with E-state index in [1.165, 1.54) is 13.8 Å². The van der Waals surface area contributed by atoms with E-state index in [1.807, 2.05) is 0 Å². The van der Waals surface area contributed by atoms with Crippen LogP contribution in [-0.4, -0.2) is 63.9 Å². The number of aliphatic hydroxyl groups excluding tert-OH is 4. The molecule has 0 aliphatic heterocycles. The zero-order valence-electron chi connectivity index (χ0n) is 10.1. The van der Waals surface area contributed by atoms with E-state index in [1.54, 1.807) is 0 Å². The minimum Gasteiger partial charge on any atom is -0.400 e. The lowest BCUT2D eigenvalue weighted by Gasteiger charge is -2.27. The molecule has 5 N–H and O–H groups in total. The van der Waals surface area contributed by atoms with Crippen LogP contribution in [0.2, 0.25) is 0 Å². The van der Waals surface area contributed by atoms with Crippen molar-refractivity contribution in [1.29, 1.82) is 0 Å². The molecule has 0 aliphatic carbocycles. The molecule has 0 rings (SSSR count). The van der Waals surface area contributed by atoms with Crippen LogP contribution in [0, 0.1) is 0 Å². The Morgan fingerprint density at radius 1 is 1.19 bits per heavy atom. The molecule has 0 aromatic rings. The molecule has 0 saturated heterocycles. The molecular weight excluding hydrogens is 216 g/mol. The van der Waals surface area contributed by atoms with Gasteiger partial charge in [0.15, 0.2) is 5.79 Å². The first-order chi connectivity index (χ1) is 7.39. The van der Waals surface area contributed by atoms with E-state index in [0.717, 1.165) is 7.11 Å². The second-order valence-corrected chi connectivity index (χ2v) is 3.77. The van der Waals surface area contributed by atoms with Gasteiger partial charge in [-0.1, -0.05) is 0 Å². The predicted octanol–water partition coefficient (Wildman–Crippen LogP) is -1.17. The Kier molecular flexibility index (Phi) is 11.3. The summed E-state index contributed by atoms with van der Waals surface area (Å²) in [7, 11) is 1.00. The second kappa shape index (κ2) is 9.95. The van der Waals surface area contributed by atoms with Crippen molar-refractivity contribution in [2.75, 3.05) is 20.3 Å². The van der Waals surface area contributed by atoms with Crippen molar-refractivity contribution in [3.8, 4) is 0 Å². The molecule has 6 nitrogen and oxygen atoms in total. The SMILES string of the molecule is CC(C)(O)OC(CCO)CC(O)CO.CO. The smallest absolute Gasteiger partial charge is 0.160 e. The van der Waals surface area contributed by atoms with Crippen molar-refractivity contribution in [2.24, 2.45) is 0 Å². The van der Waals surface area contributed by atoms with E-state index in [-0.39, 0.29) is 19.6 Å². The maximum atomic E-state index is 9.35. The molecule has 0 aromatic heterocycles. The number of hydrogen-bond donors (Lipinski definition) is 5. The number of aliphatic hydroxyl groups is 5. The number of ether oxygens (including phenoxy) is 1. The van der Waals surface area contributed by atoms with Crippen molar-refractivity contribution in [1.82, 2.24) is 0 Å². The molecule has 0 spiro atoms. The Morgan fingerprint density at radius 3 is 2.00 bits per heavy atom. The molecule has 16 heavy (non-hydrogen) atoms. The van der Waals surface area contributed by atoms with Crippen LogP contribution in [0.25, 0.3) is 0 Å². The maximum Gasteiger partial charge on any atom is 0.160 e. The summed E-state index contributed by atoms with van der Waals surface area (Å²) in [4.78, 5) is 0. The summed E-state index contributed by atoms with van der Waals surface area (Å²) in [6.45, 7) is 2.52. The van der Waals surface area contributed by atoms with Crippen molar-refractivity contribution in [2.45, 2.75) is 44.7 Å². The third-order valence-corrected chi connectivity index (χ3v) is 1.65. The zero-order chi connectivity index (χ0) is 13.2. The van der Waals surface area contributed by atoms with Gasteiger partial charge in [0.05, 0.1) is 18.8 Å². The topological polar surface area (TPSA) is 110 Å². The van der Waals surface area contributed by atoms with Crippen LogP contribution in [-0.2, 0) is 4.74 Å². The molecule has 0 bridgehead atoms. The lowest BCUT2D eigenvalue weighted by atomic mass is 10.1. The van der Waals surface area contributed by atoms with Gasteiger partial charge in [-0.15, -0.1) is 0 Å². The monoisotopic (exact) mass is 240 g/mol. The van der Waals surface area contributed by atoms with E-state index >= 15 is 0 Å². The van der Waals surface area contributed by atoms with E-state index in [9.17, 15) is 5.11 Å². The third-order valence-electron chi connectivity index (χ3n) is 1.65. The first-order valence-electron chi connectivity index (χ1n) is 5.13. The molecule has 0 saturated carbocycles. The highest BCUT2D eigenvalue weighted by Crippen LogP contribution is 2.15. The van der Waals surface area contributed by atoms with Crippen molar-refractivity contribution in [3.63, 3.8) is 0 Å². The molecule has 100 valence electrons. The minimum absolute atomic E-state index is 0.0844. The fourth-order valence-electron chi connectivity index (χ4n) is 1.15. The average Bonchev–Trinajstić information content (AvgIpc) is 2.18. The Bertz CT molecular complexity index is 145. The maximum absolute atomic E-state index is 9.35. The van der Waals surface area contributed by atoms with E-state index in [4.69, 9.17) is 25.2 Å². The van der Waals surface area contributed by atoms with E-state index in [2.05, 4.69) is 0 Å². The van der Waals surface area contributed by atoms with E-state index in [0.29, 0.717) is 6.42 Å². The Balaban J connectivity index is 0. The summed E-state index contributed by atoms with van der Waals surface area (Å²) in [6, 6.07) is 0. The highest BCUT2D eigenvalue weighted by molar-refractivity contribution is 4.66. The Hall–Kier alpha value is -0.240. The minimum atomic E-state index is -1.30. The molecule has 0 heterocycles. The van der Waals surface area contributed by atoms with Crippen LogP contribution >= 0.6 is 0 Å². The summed E-state index contributed by atoms with van der Waals surface area (Å²) in [5.74, 6) is -1.30. The zero-order valence-corrected chi connectivity index (χ0v) is 10.1. The van der Waals surface area contributed by atoms with Crippen molar-refractivity contribution >= 4 is 0 Å². The lowest BCUT2D eigenvalue weighted by molar-refractivity contribution is -0.213. The first kappa shape index (κ1) is 18.1. The number of hydrogen-bond acceptors (Lipinski definition) is 6. The van der Waals surface area contributed by atoms with Gasteiger partial charge in [-0.2, -0.15) is 0 Å². The Morgan fingerprint density at radius 2 is 1.69 bits per heavy atom. The quantitative estimate of drug-likeness (QED) is 0.359. The highest BCUT2D eigenvalue weighted by atomic mass is 16.6. The standard InChI is InChI=1S/C9H20O5.CH4O/c1-9(2,13)14-8(3-4-10)5-7(12)6-11;1-2/h7-8,10-13H,3-6H2,1-2H3;2H,1H3. The molecule has 0 fully saturated rings. The van der Waals surface area contributed by atoms with Crippen LogP contribution in [0.1, 0.15) is 26.7 Å². The average molecular weight is 240 g/mol. The molecule has 2 atom stereocenters. The van der Waals surface area contributed by atoms with Gasteiger partial charge in [0.2, 0.25) is 0 Å². The molecule has 6 heteroatoms. The summed E-state index contributed by atoms with van der Waals surface area (Å²) in [6.07, 6.45) is -0.821. The van der Waals surface area contributed by atoms with Gasteiger partial charge in [-0.3, -0.25) is 0 Å². The van der Waals surface area contributed by atoms with Gasteiger partial charge in [0.25, 0.3) is 0 Å². The largest absolute Gasteiger partial charge is 0.400 e. The molecule has 2 unspecified atom stereocenters. The molecule has 0 aromatic carbocycles. The van der Waals surface area contributed by atoms with Crippen LogP contribution < -0.4 is 0 Å². The lowest BCUT2D eigenvalue weighted by Crippen LogP contribution is -2.33. The van der Waals surface area contributed by atoms with Gasteiger partial charge in [0, 0.05) is 20.1 Å². The van der Waals surface area contributed by atoms with Gasteiger partial charge >= 0.3 is 0 Å². The van der Waals surface area contributed by atoms with Crippen LogP contribution in [0.4, 0.5) is 0 Å². The van der Waals surface area contributed by atoms with Gasteiger partial charge in [0.1, 0.15) is 0 Å². The third kappa shape index (κ3) is 11.8. The summed E-state index contributed by atoms with van der Waals surface area (Å²) in [5, 5.41) is 42.8. The fraction of sp³-hybridized carbons (Fsp3) is 1.00. The fourth-order valence-corrected chi connectivity index (χ4v) is 1.15. The summed E-state index contributed by atoms with van der Waals surface area (Å²) in [5.41, 5.74) is 0. The van der Waals surface area contributed by atoms with Gasteiger partial charge in [-0.25, -0.2) is 0 Å². The van der Waals surface area contributed by atoms with E-state index < -0.39 is 18.0 Å². The first-order valence-corrected chi connectivity index (χ1v) is 5.13. The second-order valence-electron chi connectivity index (χ2n) is 3.77. The van der Waals surface area contributed by atoms with Gasteiger partial charge in [-0.05, 0) is 20.3 Å². The number of rotatable bonds is 7. The van der Waals surface area contributed by atoms with Crippen LogP contribution in [0.15, 0.2) is 0 Å². The Labute approximate surface area is 96.1 Å². The normalized spacial score (nSPS) is 15.0. The van der Waals surface area contributed by atoms with Crippen molar-refractivity contribution in [3.05, 3.63) is 0 Å². The molecular formula is C10H24O6. The predicted molar refractivity (Wildman–Crippen MR) is 58.7 cm³/mol. The molecule has 0 radical (unpaired) electrons. The summed E-state index contributed by atoms with van der Waals surface area (Å²) < 4.78 is 5.18.